The Morgan fingerprint density at radius 2 is 1.88 bits per heavy atom. The summed E-state index contributed by atoms with van der Waals surface area (Å²) >= 11 is 0. The Morgan fingerprint density at radius 1 is 1.38 bits per heavy atom. The maximum atomic E-state index is 10.9. The Bertz CT molecular complexity index is 239. The number of carbonyl (C=O) groups excluding carboxylic acids is 1. The average Bonchev–Trinajstić information content (AvgIpc) is 2.17. The molecular weight excluding hydrogens is 202 g/mol. The summed E-state index contributed by atoms with van der Waals surface area (Å²) in [7, 11) is 0. The summed E-state index contributed by atoms with van der Waals surface area (Å²) in [6, 6.07) is 0.215. The summed E-state index contributed by atoms with van der Waals surface area (Å²) in [5.41, 5.74) is 5.49. The summed E-state index contributed by atoms with van der Waals surface area (Å²) < 4.78 is 0. The number of carbonyl (C=O) groups is 1. The number of piperidine rings is 1. The zero-order chi connectivity index (χ0) is 12.3. The number of nitrogens with zero attached hydrogens (tertiary/aromatic N) is 1. The second-order valence-electron chi connectivity index (χ2n) is 5.72. The van der Waals surface area contributed by atoms with E-state index in [4.69, 9.17) is 5.73 Å². The van der Waals surface area contributed by atoms with Crippen LogP contribution >= 0.6 is 0 Å². The standard InChI is InChI=1S/C12H25N3O/c1-9(11(13)16)14-10-5-7-15(8-6-10)12(2,3)4/h9-10,14H,5-8H2,1-4H3,(H2,13,16). The molecule has 16 heavy (non-hydrogen) atoms. The largest absolute Gasteiger partial charge is 0.368 e. The Labute approximate surface area is 98.6 Å². The van der Waals surface area contributed by atoms with Crippen LogP contribution in [-0.2, 0) is 4.79 Å². The highest BCUT2D eigenvalue weighted by Crippen LogP contribution is 2.20. The number of primary amides is 1. The quantitative estimate of drug-likeness (QED) is 0.746. The molecule has 1 aliphatic heterocycles. The molecule has 0 aromatic heterocycles. The zero-order valence-corrected chi connectivity index (χ0v) is 10.9. The van der Waals surface area contributed by atoms with Gasteiger partial charge in [-0.2, -0.15) is 0 Å². The molecule has 0 radical (unpaired) electrons. The molecule has 1 fully saturated rings. The lowest BCUT2D eigenvalue weighted by Gasteiger charge is -2.41. The molecule has 0 spiro atoms. The first kappa shape index (κ1) is 13.5. The van der Waals surface area contributed by atoms with Crippen molar-refractivity contribution in [1.82, 2.24) is 10.2 Å². The van der Waals surface area contributed by atoms with E-state index in [1.165, 1.54) is 0 Å². The van der Waals surface area contributed by atoms with E-state index in [9.17, 15) is 4.79 Å². The minimum Gasteiger partial charge on any atom is -0.368 e. The minimum atomic E-state index is -0.266. The molecule has 1 aliphatic rings. The maximum absolute atomic E-state index is 10.9. The molecule has 1 rings (SSSR count). The molecule has 1 atom stereocenters. The van der Waals surface area contributed by atoms with Gasteiger partial charge in [0.05, 0.1) is 6.04 Å². The van der Waals surface area contributed by atoms with Gasteiger partial charge in [0.25, 0.3) is 0 Å². The number of nitrogens with two attached hydrogens (primary N) is 1. The third-order valence-electron chi connectivity index (χ3n) is 3.36. The first-order valence-electron chi connectivity index (χ1n) is 6.11. The van der Waals surface area contributed by atoms with E-state index in [0.717, 1.165) is 25.9 Å². The lowest BCUT2D eigenvalue weighted by atomic mass is 9.97. The van der Waals surface area contributed by atoms with Gasteiger partial charge >= 0.3 is 0 Å². The Hall–Kier alpha value is -0.610. The van der Waals surface area contributed by atoms with E-state index in [1.54, 1.807) is 0 Å². The van der Waals surface area contributed by atoms with Crippen LogP contribution in [0.3, 0.4) is 0 Å². The molecule has 0 aliphatic carbocycles. The molecule has 4 heteroatoms. The molecule has 0 bridgehead atoms. The van der Waals surface area contributed by atoms with Gasteiger partial charge in [-0.05, 0) is 40.5 Å². The van der Waals surface area contributed by atoms with Crippen LogP contribution in [0.25, 0.3) is 0 Å². The van der Waals surface area contributed by atoms with E-state index < -0.39 is 0 Å². The number of amides is 1. The fraction of sp³-hybridized carbons (Fsp3) is 0.917. The molecule has 1 heterocycles. The SMILES string of the molecule is CC(NC1CCN(C(C)(C)C)CC1)C(N)=O. The normalized spacial score (nSPS) is 22.0. The van der Waals surface area contributed by atoms with Gasteiger partial charge in [0, 0.05) is 24.7 Å². The van der Waals surface area contributed by atoms with Crippen molar-refractivity contribution in [1.29, 1.82) is 0 Å². The molecule has 0 aromatic rings. The Kier molecular flexibility index (Phi) is 4.33. The number of hydrogen-bond acceptors (Lipinski definition) is 3. The van der Waals surface area contributed by atoms with Crippen molar-refractivity contribution in [3.05, 3.63) is 0 Å². The predicted molar refractivity (Wildman–Crippen MR) is 66.1 cm³/mol. The van der Waals surface area contributed by atoms with Crippen molar-refractivity contribution in [2.75, 3.05) is 13.1 Å². The van der Waals surface area contributed by atoms with Crippen LogP contribution in [0.15, 0.2) is 0 Å². The first-order chi connectivity index (χ1) is 7.30. The third kappa shape index (κ3) is 3.76. The van der Waals surface area contributed by atoms with Crippen molar-refractivity contribution in [3.63, 3.8) is 0 Å². The number of likely N-dealkylation sites (tertiary alicyclic amines) is 1. The average molecular weight is 227 g/mol. The maximum Gasteiger partial charge on any atom is 0.234 e. The fourth-order valence-electron chi connectivity index (χ4n) is 2.15. The van der Waals surface area contributed by atoms with Gasteiger partial charge in [-0.25, -0.2) is 0 Å². The van der Waals surface area contributed by atoms with Crippen LogP contribution in [0.2, 0.25) is 0 Å². The van der Waals surface area contributed by atoms with Gasteiger partial charge in [0.2, 0.25) is 5.91 Å². The number of hydrogen-bond donors (Lipinski definition) is 2. The fourth-order valence-corrected chi connectivity index (χ4v) is 2.15. The van der Waals surface area contributed by atoms with Crippen molar-refractivity contribution in [2.45, 2.75) is 58.2 Å². The Morgan fingerprint density at radius 3 is 2.25 bits per heavy atom. The summed E-state index contributed by atoms with van der Waals surface area (Å²) in [4.78, 5) is 13.4. The van der Waals surface area contributed by atoms with E-state index in [0.29, 0.717) is 6.04 Å². The van der Waals surface area contributed by atoms with Crippen molar-refractivity contribution in [2.24, 2.45) is 5.73 Å². The van der Waals surface area contributed by atoms with E-state index in [2.05, 4.69) is 31.0 Å². The summed E-state index contributed by atoms with van der Waals surface area (Å²) in [5.74, 6) is -0.266. The Balaban J connectivity index is 2.35. The molecule has 94 valence electrons. The zero-order valence-electron chi connectivity index (χ0n) is 10.9. The van der Waals surface area contributed by atoms with Gasteiger partial charge in [0.15, 0.2) is 0 Å². The van der Waals surface area contributed by atoms with Gasteiger partial charge < -0.3 is 11.1 Å². The van der Waals surface area contributed by atoms with Crippen molar-refractivity contribution < 1.29 is 4.79 Å². The van der Waals surface area contributed by atoms with Crippen molar-refractivity contribution in [3.8, 4) is 0 Å². The molecule has 4 nitrogen and oxygen atoms in total. The van der Waals surface area contributed by atoms with Gasteiger partial charge in [-0.3, -0.25) is 9.69 Å². The second kappa shape index (κ2) is 5.15. The lowest BCUT2D eigenvalue weighted by Crippen LogP contribution is -2.53. The predicted octanol–water partition coefficient (Wildman–Crippen LogP) is 0.713. The first-order valence-corrected chi connectivity index (χ1v) is 6.11. The van der Waals surface area contributed by atoms with Crippen LogP contribution < -0.4 is 11.1 Å². The molecule has 3 N–H and O–H groups in total. The van der Waals surface area contributed by atoms with E-state index in [1.807, 2.05) is 6.92 Å². The topological polar surface area (TPSA) is 58.4 Å². The van der Waals surface area contributed by atoms with Gasteiger partial charge in [-0.15, -0.1) is 0 Å². The summed E-state index contributed by atoms with van der Waals surface area (Å²) in [6.45, 7) is 10.7. The molecule has 0 saturated carbocycles. The van der Waals surface area contributed by atoms with Crippen LogP contribution in [0, 0.1) is 0 Å². The highest BCUT2D eigenvalue weighted by molar-refractivity contribution is 5.79. The second-order valence-corrected chi connectivity index (χ2v) is 5.72. The number of nitrogens with one attached hydrogen (secondary N) is 1. The van der Waals surface area contributed by atoms with Gasteiger partial charge in [0.1, 0.15) is 0 Å². The van der Waals surface area contributed by atoms with Crippen LogP contribution in [0.4, 0.5) is 0 Å². The summed E-state index contributed by atoms with van der Waals surface area (Å²) in [5, 5.41) is 3.29. The van der Waals surface area contributed by atoms with E-state index in [-0.39, 0.29) is 17.5 Å². The number of rotatable bonds is 3. The smallest absolute Gasteiger partial charge is 0.234 e. The van der Waals surface area contributed by atoms with Crippen LogP contribution in [0.5, 0.6) is 0 Å². The van der Waals surface area contributed by atoms with Gasteiger partial charge in [-0.1, -0.05) is 0 Å². The molecule has 1 saturated heterocycles. The molecular formula is C12H25N3O. The van der Waals surface area contributed by atoms with E-state index >= 15 is 0 Å². The monoisotopic (exact) mass is 227 g/mol. The highest BCUT2D eigenvalue weighted by Gasteiger charge is 2.27. The highest BCUT2D eigenvalue weighted by atomic mass is 16.1. The third-order valence-corrected chi connectivity index (χ3v) is 3.36. The van der Waals surface area contributed by atoms with Crippen LogP contribution in [0.1, 0.15) is 40.5 Å². The summed E-state index contributed by atoms with van der Waals surface area (Å²) in [6.07, 6.45) is 2.18. The molecule has 1 unspecified atom stereocenters. The van der Waals surface area contributed by atoms with Crippen LogP contribution in [-0.4, -0.2) is 41.5 Å². The molecule has 0 aromatic carbocycles. The minimum absolute atomic E-state index is 0.216. The lowest BCUT2D eigenvalue weighted by molar-refractivity contribution is -0.119. The molecule has 1 amide bonds. The van der Waals surface area contributed by atoms with Crippen molar-refractivity contribution >= 4 is 5.91 Å².